The van der Waals surface area contributed by atoms with E-state index in [1.54, 1.807) is 48.5 Å². The molecule has 5 N–H and O–H groups in total. The van der Waals surface area contributed by atoms with Gasteiger partial charge in [0.1, 0.15) is 0 Å². The van der Waals surface area contributed by atoms with E-state index in [2.05, 4.69) is 28.2 Å². The Kier molecular flexibility index (Phi) is 10.1. The van der Waals surface area contributed by atoms with Gasteiger partial charge in [0, 0.05) is 30.6 Å². The van der Waals surface area contributed by atoms with Gasteiger partial charge < -0.3 is 26.4 Å². The third-order valence-corrected chi connectivity index (χ3v) is 8.34. The van der Waals surface area contributed by atoms with Gasteiger partial charge in [-0.1, -0.05) is 87.6 Å². The Balaban J connectivity index is 0.000000507. The smallest absolute Gasteiger partial charge is 0.289 e. The molecular weight excluding hydrogens is 536 g/mol. The highest BCUT2D eigenvalue weighted by Crippen LogP contribution is 2.47. The van der Waals surface area contributed by atoms with Gasteiger partial charge >= 0.3 is 0 Å². The number of carbonyl (C=O) groups excluding carboxylic acids is 5. The first kappa shape index (κ1) is 30.9. The van der Waals surface area contributed by atoms with Gasteiger partial charge in [-0.2, -0.15) is 0 Å². The lowest BCUT2D eigenvalue weighted by molar-refractivity contribution is -0.141. The van der Waals surface area contributed by atoms with Gasteiger partial charge in [-0.15, -0.1) is 0 Å². The molecule has 10 nitrogen and oxygen atoms in total. The average molecular weight is 577 g/mol. The summed E-state index contributed by atoms with van der Waals surface area (Å²) < 4.78 is 0. The van der Waals surface area contributed by atoms with Crippen molar-refractivity contribution < 1.29 is 29.1 Å². The van der Waals surface area contributed by atoms with Gasteiger partial charge in [0.05, 0.1) is 12.6 Å². The number of nitrogens with one attached hydrogen (secondary N) is 4. The first-order valence-corrected chi connectivity index (χ1v) is 14.7. The van der Waals surface area contributed by atoms with Gasteiger partial charge in [-0.25, -0.2) is 0 Å². The van der Waals surface area contributed by atoms with Crippen LogP contribution < -0.4 is 21.3 Å². The minimum atomic E-state index is -1.99. The summed E-state index contributed by atoms with van der Waals surface area (Å²) in [4.78, 5) is 62.1. The SMILES string of the molecule is CC1CCCCC1.CNC(=O)C(=O)C(CC1CCNC1=O)NC(=O)CNC(=O)C1(O)c2ccccc2-c2ccccc21. The van der Waals surface area contributed by atoms with Crippen molar-refractivity contribution in [3.8, 4) is 11.1 Å². The lowest BCUT2D eigenvalue weighted by Gasteiger charge is -2.25. The van der Waals surface area contributed by atoms with Crippen molar-refractivity contribution >= 4 is 29.4 Å². The number of likely N-dealkylation sites (N-methyl/N-ethyl adjacent to an activating group) is 1. The molecule has 1 saturated carbocycles. The van der Waals surface area contributed by atoms with Crippen molar-refractivity contribution in [2.24, 2.45) is 11.8 Å². The van der Waals surface area contributed by atoms with Gasteiger partial charge in [-0.05, 0) is 29.9 Å². The molecule has 1 aliphatic heterocycles. The molecule has 4 amide bonds. The number of benzene rings is 2. The molecule has 1 saturated heterocycles. The highest BCUT2D eigenvalue weighted by molar-refractivity contribution is 6.38. The van der Waals surface area contributed by atoms with Gasteiger partial charge in [0.2, 0.25) is 17.6 Å². The van der Waals surface area contributed by atoms with Crippen molar-refractivity contribution in [2.75, 3.05) is 20.1 Å². The maximum atomic E-state index is 13.2. The maximum absolute atomic E-state index is 13.2. The predicted octanol–water partition coefficient (Wildman–Crippen LogP) is 1.93. The normalized spacial score (nSPS) is 19.2. The Morgan fingerprint density at radius 1 is 0.952 bits per heavy atom. The maximum Gasteiger partial charge on any atom is 0.289 e. The monoisotopic (exact) mass is 576 g/mol. The van der Waals surface area contributed by atoms with Gasteiger partial charge in [0.25, 0.3) is 11.8 Å². The number of ketones is 1. The number of amides is 4. The molecule has 2 aliphatic carbocycles. The molecule has 0 aromatic heterocycles. The quantitative estimate of drug-likeness (QED) is 0.303. The van der Waals surface area contributed by atoms with Crippen LogP contribution >= 0.6 is 0 Å². The molecule has 224 valence electrons. The van der Waals surface area contributed by atoms with Crippen LogP contribution in [0.15, 0.2) is 48.5 Å². The van der Waals surface area contributed by atoms with E-state index in [0.717, 1.165) is 17.0 Å². The van der Waals surface area contributed by atoms with E-state index < -0.39 is 47.6 Å². The van der Waals surface area contributed by atoms with Crippen LogP contribution in [0.25, 0.3) is 11.1 Å². The van der Waals surface area contributed by atoms with Crippen molar-refractivity contribution in [3.63, 3.8) is 0 Å². The van der Waals surface area contributed by atoms with E-state index in [-0.39, 0.29) is 12.3 Å². The van der Waals surface area contributed by atoms with E-state index in [4.69, 9.17) is 0 Å². The fourth-order valence-electron chi connectivity index (χ4n) is 5.96. The molecule has 0 spiro atoms. The minimum Gasteiger partial charge on any atom is -0.372 e. The van der Waals surface area contributed by atoms with E-state index in [9.17, 15) is 29.1 Å². The summed E-state index contributed by atoms with van der Waals surface area (Å²) in [6.07, 6.45) is 7.88. The third-order valence-electron chi connectivity index (χ3n) is 8.34. The highest BCUT2D eigenvalue weighted by atomic mass is 16.3. The summed E-state index contributed by atoms with van der Waals surface area (Å²) >= 11 is 0. The number of hydrogen-bond acceptors (Lipinski definition) is 6. The largest absolute Gasteiger partial charge is 0.372 e. The molecule has 2 aromatic rings. The molecule has 10 heteroatoms. The standard InChI is InChI=1S/C25H26N4O6.C7H14/c1-26-23(33)21(31)19(12-14-10-11-27-22(14)32)29-20(30)13-28-24(34)25(35)17-8-4-2-6-15(17)16-7-3-5-9-18(16)25;1-7-5-3-2-4-6-7/h2-9,14,19,35H,10-13H2,1H3,(H,26,33)(H,27,32)(H,28,34)(H,29,30);7H,2-6H2,1H3. The second-order valence-electron chi connectivity index (χ2n) is 11.3. The topological polar surface area (TPSA) is 154 Å². The minimum absolute atomic E-state index is 0.0392. The molecule has 2 unspecified atom stereocenters. The summed E-state index contributed by atoms with van der Waals surface area (Å²) in [5.41, 5.74) is 0.248. The zero-order valence-corrected chi connectivity index (χ0v) is 24.2. The van der Waals surface area contributed by atoms with E-state index in [1.165, 1.54) is 39.2 Å². The lowest BCUT2D eigenvalue weighted by Crippen LogP contribution is -2.52. The Morgan fingerprint density at radius 2 is 1.55 bits per heavy atom. The van der Waals surface area contributed by atoms with Crippen molar-refractivity contribution in [2.45, 2.75) is 63.5 Å². The molecule has 0 radical (unpaired) electrons. The molecule has 2 aromatic carbocycles. The zero-order chi connectivity index (χ0) is 30.3. The van der Waals surface area contributed by atoms with Crippen LogP contribution in [0.2, 0.25) is 0 Å². The van der Waals surface area contributed by atoms with Gasteiger partial charge in [-0.3, -0.25) is 24.0 Å². The fraction of sp³-hybridized carbons (Fsp3) is 0.469. The van der Waals surface area contributed by atoms with Crippen LogP contribution in [0.3, 0.4) is 0 Å². The van der Waals surface area contributed by atoms with Crippen LogP contribution in [-0.2, 0) is 29.6 Å². The molecule has 2 fully saturated rings. The predicted molar refractivity (Wildman–Crippen MR) is 157 cm³/mol. The summed E-state index contributed by atoms with van der Waals surface area (Å²) in [6, 6.07) is 12.7. The van der Waals surface area contributed by atoms with Crippen molar-refractivity contribution in [1.82, 2.24) is 21.3 Å². The molecule has 42 heavy (non-hydrogen) atoms. The van der Waals surface area contributed by atoms with Gasteiger partial charge in [0.15, 0.2) is 5.60 Å². The number of hydrogen-bond donors (Lipinski definition) is 5. The molecular formula is C32H40N4O6. The number of rotatable bonds is 8. The third kappa shape index (κ3) is 6.70. The van der Waals surface area contributed by atoms with Crippen molar-refractivity contribution in [1.29, 1.82) is 0 Å². The summed E-state index contributed by atoms with van der Waals surface area (Å²) in [5.74, 6) is -3.04. The highest BCUT2D eigenvalue weighted by Gasteiger charge is 2.47. The summed E-state index contributed by atoms with van der Waals surface area (Å²) in [7, 11) is 1.29. The lowest BCUT2D eigenvalue weighted by atomic mass is 9.90. The second kappa shape index (κ2) is 13.7. The number of aliphatic hydroxyl groups is 1. The number of Topliss-reactive ketones (excluding diaryl/α,β-unsaturated/α-hetero) is 1. The zero-order valence-electron chi connectivity index (χ0n) is 24.2. The average Bonchev–Trinajstić information content (AvgIpc) is 3.54. The molecule has 1 heterocycles. The van der Waals surface area contributed by atoms with Crippen LogP contribution in [-0.4, -0.2) is 60.7 Å². The summed E-state index contributed by atoms with van der Waals surface area (Å²) in [5, 5.41) is 21.2. The fourth-order valence-corrected chi connectivity index (χ4v) is 5.96. The first-order valence-electron chi connectivity index (χ1n) is 14.7. The van der Waals surface area contributed by atoms with Crippen LogP contribution in [0.1, 0.15) is 63.0 Å². The first-order chi connectivity index (χ1) is 20.2. The van der Waals surface area contributed by atoms with E-state index in [1.807, 2.05) is 0 Å². The number of carbonyl (C=O) groups is 5. The van der Waals surface area contributed by atoms with Crippen LogP contribution in [0.4, 0.5) is 0 Å². The Morgan fingerprint density at radius 3 is 2.05 bits per heavy atom. The second-order valence-corrected chi connectivity index (χ2v) is 11.3. The Hall–Kier alpha value is -4.05. The van der Waals surface area contributed by atoms with Crippen LogP contribution in [0.5, 0.6) is 0 Å². The van der Waals surface area contributed by atoms with E-state index in [0.29, 0.717) is 24.1 Å². The molecule has 3 aliphatic rings. The molecule has 0 bridgehead atoms. The van der Waals surface area contributed by atoms with E-state index >= 15 is 0 Å². The Bertz CT molecular complexity index is 1290. The molecule has 2 atom stereocenters. The van der Waals surface area contributed by atoms with Crippen LogP contribution in [0, 0.1) is 11.8 Å². The summed E-state index contributed by atoms with van der Waals surface area (Å²) in [6.45, 7) is 2.27. The van der Waals surface area contributed by atoms with Crippen molar-refractivity contribution in [3.05, 3.63) is 59.7 Å². The Labute approximate surface area is 246 Å². The number of fused-ring (bicyclic) bond motifs is 3. The molecule has 5 rings (SSSR count).